The van der Waals surface area contributed by atoms with Gasteiger partial charge < -0.3 is 18.9 Å². The standard InChI is InChI=1S/C17H24N2O5/c1-6-22-15(20)12-9(2)24-18-14(12)13-10-7-19(8-11(10)13)16(21)23-17(3,4)5/h10-11,13H,6-8H2,1-5H3/t10-,11+,13?. The molecule has 1 aliphatic heterocycles. The molecule has 3 rings (SSSR count). The van der Waals surface area contributed by atoms with E-state index in [2.05, 4.69) is 5.16 Å². The molecule has 7 nitrogen and oxygen atoms in total. The van der Waals surface area contributed by atoms with Gasteiger partial charge in [-0.15, -0.1) is 0 Å². The van der Waals surface area contributed by atoms with Crippen LogP contribution in [0, 0.1) is 18.8 Å². The number of aromatic nitrogens is 1. The van der Waals surface area contributed by atoms with Gasteiger partial charge in [0.1, 0.15) is 22.6 Å². The number of carbonyl (C=O) groups is 2. The molecule has 0 bridgehead atoms. The topological polar surface area (TPSA) is 81.9 Å². The first-order chi connectivity index (χ1) is 11.2. The van der Waals surface area contributed by atoms with E-state index in [9.17, 15) is 9.59 Å². The maximum absolute atomic E-state index is 12.1. The maximum Gasteiger partial charge on any atom is 0.410 e. The smallest absolute Gasteiger partial charge is 0.410 e. The van der Waals surface area contributed by atoms with E-state index in [0.717, 1.165) is 0 Å². The summed E-state index contributed by atoms with van der Waals surface area (Å²) in [5.74, 6) is 0.851. The quantitative estimate of drug-likeness (QED) is 0.789. The largest absolute Gasteiger partial charge is 0.462 e. The second-order valence-electron chi connectivity index (χ2n) is 7.46. The Kier molecular flexibility index (Phi) is 4.05. The van der Waals surface area contributed by atoms with E-state index in [0.29, 0.717) is 48.5 Å². The van der Waals surface area contributed by atoms with E-state index in [1.54, 1.807) is 18.7 Å². The van der Waals surface area contributed by atoms with Crippen LogP contribution in [-0.2, 0) is 9.47 Å². The second kappa shape index (κ2) is 5.79. The molecule has 0 aromatic carbocycles. The molecule has 1 saturated heterocycles. The van der Waals surface area contributed by atoms with Crippen LogP contribution in [0.25, 0.3) is 0 Å². The minimum Gasteiger partial charge on any atom is -0.462 e. The van der Waals surface area contributed by atoms with Crippen molar-refractivity contribution in [1.29, 1.82) is 0 Å². The Labute approximate surface area is 141 Å². The number of rotatable bonds is 3. The SMILES string of the molecule is CCOC(=O)c1c(C2[C@H]3CN(C(=O)OC(C)(C)C)C[C@@H]23)noc1C. The van der Waals surface area contributed by atoms with Crippen LogP contribution in [0.15, 0.2) is 4.52 Å². The highest BCUT2D eigenvalue weighted by molar-refractivity contribution is 5.92. The molecular formula is C17H24N2O5. The minimum atomic E-state index is -0.496. The van der Waals surface area contributed by atoms with Crippen molar-refractivity contribution in [1.82, 2.24) is 10.1 Å². The van der Waals surface area contributed by atoms with Gasteiger partial charge in [-0.05, 0) is 46.5 Å². The molecule has 132 valence electrons. The molecule has 2 aliphatic rings. The van der Waals surface area contributed by atoms with Gasteiger partial charge in [0.2, 0.25) is 0 Å². The number of amides is 1. The summed E-state index contributed by atoms with van der Waals surface area (Å²) in [6.07, 6.45) is -0.282. The Morgan fingerprint density at radius 1 is 1.29 bits per heavy atom. The van der Waals surface area contributed by atoms with E-state index in [1.165, 1.54) is 0 Å². The molecule has 1 aromatic heterocycles. The lowest BCUT2D eigenvalue weighted by atomic mass is 10.1. The van der Waals surface area contributed by atoms with Crippen LogP contribution in [0.1, 0.15) is 55.4 Å². The number of likely N-dealkylation sites (tertiary alicyclic amines) is 1. The van der Waals surface area contributed by atoms with Gasteiger partial charge in [-0.25, -0.2) is 9.59 Å². The number of fused-ring (bicyclic) bond motifs is 1. The van der Waals surface area contributed by atoms with Gasteiger partial charge in [-0.2, -0.15) is 0 Å². The summed E-state index contributed by atoms with van der Waals surface area (Å²) in [5.41, 5.74) is 0.619. The van der Waals surface area contributed by atoms with E-state index in [-0.39, 0.29) is 18.0 Å². The normalized spacial score (nSPS) is 25.4. The third-order valence-electron chi connectivity index (χ3n) is 4.53. The van der Waals surface area contributed by atoms with Crippen molar-refractivity contribution in [3.8, 4) is 0 Å². The summed E-state index contributed by atoms with van der Waals surface area (Å²) < 4.78 is 15.7. The van der Waals surface area contributed by atoms with Crippen molar-refractivity contribution >= 4 is 12.1 Å². The molecule has 0 N–H and O–H groups in total. The molecule has 2 heterocycles. The Balaban J connectivity index is 1.66. The van der Waals surface area contributed by atoms with Gasteiger partial charge in [0.25, 0.3) is 0 Å². The van der Waals surface area contributed by atoms with Crippen molar-refractivity contribution < 1.29 is 23.6 Å². The Morgan fingerprint density at radius 3 is 2.46 bits per heavy atom. The molecule has 0 spiro atoms. The summed E-state index contributed by atoms with van der Waals surface area (Å²) in [4.78, 5) is 26.0. The zero-order valence-electron chi connectivity index (χ0n) is 14.8. The van der Waals surface area contributed by atoms with Crippen molar-refractivity contribution in [3.63, 3.8) is 0 Å². The fourth-order valence-corrected chi connectivity index (χ4v) is 3.48. The Bertz CT molecular complexity index is 648. The van der Waals surface area contributed by atoms with Gasteiger partial charge in [0.15, 0.2) is 0 Å². The fraction of sp³-hybridized carbons (Fsp3) is 0.706. The number of esters is 1. The Morgan fingerprint density at radius 2 is 1.92 bits per heavy atom. The number of aryl methyl sites for hydroxylation is 1. The van der Waals surface area contributed by atoms with Gasteiger partial charge in [0, 0.05) is 19.0 Å². The summed E-state index contributed by atoms with van der Waals surface area (Å²) in [5, 5.41) is 4.08. The lowest BCUT2D eigenvalue weighted by Crippen LogP contribution is -2.37. The predicted octanol–water partition coefficient (Wildman–Crippen LogP) is 2.74. The highest BCUT2D eigenvalue weighted by atomic mass is 16.6. The zero-order chi connectivity index (χ0) is 17.6. The maximum atomic E-state index is 12.1. The van der Waals surface area contributed by atoms with Crippen molar-refractivity contribution in [2.75, 3.05) is 19.7 Å². The highest BCUT2D eigenvalue weighted by Crippen LogP contribution is 2.58. The zero-order valence-corrected chi connectivity index (χ0v) is 14.8. The highest BCUT2D eigenvalue weighted by Gasteiger charge is 2.60. The molecule has 1 aliphatic carbocycles. The van der Waals surface area contributed by atoms with Crippen molar-refractivity contribution in [2.45, 2.75) is 46.1 Å². The molecule has 1 amide bonds. The van der Waals surface area contributed by atoms with Gasteiger partial charge in [-0.3, -0.25) is 0 Å². The van der Waals surface area contributed by atoms with Crippen molar-refractivity contribution in [2.24, 2.45) is 11.8 Å². The number of hydrogen-bond acceptors (Lipinski definition) is 6. The average Bonchev–Trinajstić information content (AvgIpc) is 2.84. The molecule has 24 heavy (non-hydrogen) atoms. The number of ether oxygens (including phenoxy) is 2. The Hall–Kier alpha value is -2.05. The first-order valence-corrected chi connectivity index (χ1v) is 8.34. The lowest BCUT2D eigenvalue weighted by molar-refractivity contribution is 0.0269. The van der Waals surface area contributed by atoms with Gasteiger partial charge in [-0.1, -0.05) is 5.16 Å². The number of nitrogens with zero attached hydrogens (tertiary/aromatic N) is 2. The molecule has 0 radical (unpaired) electrons. The van der Waals surface area contributed by atoms with Crippen LogP contribution in [0.5, 0.6) is 0 Å². The minimum absolute atomic E-state index is 0.153. The fourth-order valence-electron chi connectivity index (χ4n) is 3.48. The summed E-state index contributed by atoms with van der Waals surface area (Å²) in [6, 6.07) is 0. The first-order valence-electron chi connectivity index (χ1n) is 8.34. The van der Waals surface area contributed by atoms with E-state index >= 15 is 0 Å². The van der Waals surface area contributed by atoms with E-state index in [4.69, 9.17) is 14.0 Å². The van der Waals surface area contributed by atoms with Crippen molar-refractivity contribution in [3.05, 3.63) is 17.0 Å². The second-order valence-corrected chi connectivity index (χ2v) is 7.46. The monoisotopic (exact) mass is 336 g/mol. The molecule has 7 heteroatoms. The summed E-state index contributed by atoms with van der Waals surface area (Å²) in [7, 11) is 0. The van der Waals surface area contributed by atoms with Crippen LogP contribution >= 0.6 is 0 Å². The third kappa shape index (κ3) is 2.99. The van der Waals surface area contributed by atoms with Crippen LogP contribution < -0.4 is 0 Å². The molecular weight excluding hydrogens is 312 g/mol. The molecule has 3 atom stereocenters. The summed E-state index contributed by atoms with van der Waals surface area (Å²) in [6.45, 7) is 10.6. The van der Waals surface area contributed by atoms with Crippen LogP contribution in [0.4, 0.5) is 4.79 Å². The van der Waals surface area contributed by atoms with E-state index < -0.39 is 5.60 Å². The van der Waals surface area contributed by atoms with Crippen LogP contribution in [0.3, 0.4) is 0 Å². The first kappa shape index (κ1) is 16.8. The average molecular weight is 336 g/mol. The summed E-state index contributed by atoms with van der Waals surface area (Å²) >= 11 is 0. The molecule has 1 saturated carbocycles. The lowest BCUT2D eigenvalue weighted by Gasteiger charge is -2.25. The molecule has 1 aromatic rings. The number of hydrogen-bond donors (Lipinski definition) is 0. The molecule has 2 fully saturated rings. The van der Waals surface area contributed by atoms with Crippen LogP contribution in [-0.4, -0.2) is 47.4 Å². The van der Waals surface area contributed by atoms with Gasteiger partial charge in [0.05, 0.1) is 6.61 Å². The predicted molar refractivity (Wildman–Crippen MR) is 84.7 cm³/mol. The number of carbonyl (C=O) groups excluding carboxylic acids is 2. The van der Waals surface area contributed by atoms with E-state index in [1.807, 2.05) is 20.8 Å². The van der Waals surface area contributed by atoms with Crippen LogP contribution in [0.2, 0.25) is 0 Å². The third-order valence-corrected chi connectivity index (χ3v) is 4.53. The number of piperidine rings is 1. The van der Waals surface area contributed by atoms with Gasteiger partial charge >= 0.3 is 12.1 Å². The molecule has 1 unspecified atom stereocenters.